The fourth-order valence-corrected chi connectivity index (χ4v) is 3.66. The molecule has 0 bridgehead atoms. The maximum Gasteiger partial charge on any atom is 0.294 e. The molecule has 1 amide bonds. The van der Waals surface area contributed by atoms with Gasteiger partial charge >= 0.3 is 0 Å². The molecule has 10 heteroatoms. The van der Waals surface area contributed by atoms with E-state index in [0.29, 0.717) is 25.9 Å². The Labute approximate surface area is 182 Å². The molecule has 0 aliphatic carbocycles. The Morgan fingerprint density at radius 3 is 2.58 bits per heavy atom. The standard InChI is InChI=1S/C21H19ClN4O5/c22-14-6-7-17(26(29)30)18(12-14)25-13-19(27)20(23-25)21(28)24-10-8-16(9-11-24)31-15-4-2-1-3-5-15/h1-7,12-13,16,27H,8-11H2. The van der Waals surface area contributed by atoms with E-state index in [0.717, 1.165) is 16.6 Å². The summed E-state index contributed by atoms with van der Waals surface area (Å²) < 4.78 is 7.03. The number of likely N-dealkylation sites (tertiary alicyclic amines) is 1. The predicted octanol–water partition coefficient (Wildman–Crippen LogP) is 3.82. The van der Waals surface area contributed by atoms with Gasteiger partial charge in [0.25, 0.3) is 11.6 Å². The van der Waals surface area contributed by atoms with Gasteiger partial charge in [-0.3, -0.25) is 14.9 Å². The van der Waals surface area contributed by atoms with Gasteiger partial charge in [0, 0.05) is 37.0 Å². The summed E-state index contributed by atoms with van der Waals surface area (Å²) in [5.74, 6) is -0.0206. The summed E-state index contributed by atoms with van der Waals surface area (Å²) in [7, 11) is 0. The van der Waals surface area contributed by atoms with Crippen molar-refractivity contribution in [2.45, 2.75) is 18.9 Å². The molecule has 1 saturated heterocycles. The molecule has 1 fully saturated rings. The van der Waals surface area contributed by atoms with Crippen LogP contribution in [0.5, 0.6) is 11.5 Å². The molecule has 2 aromatic carbocycles. The summed E-state index contributed by atoms with van der Waals surface area (Å²) in [4.78, 5) is 25.2. The quantitative estimate of drug-likeness (QED) is 0.475. The smallest absolute Gasteiger partial charge is 0.294 e. The van der Waals surface area contributed by atoms with Crippen LogP contribution >= 0.6 is 11.6 Å². The SMILES string of the molecule is O=C(c1nn(-c2cc(Cl)ccc2[N+](=O)[O-])cc1O)N1CCC(Oc2ccccc2)CC1. The normalized spacial score (nSPS) is 14.4. The molecule has 4 rings (SSSR count). The number of hydrogen-bond acceptors (Lipinski definition) is 6. The number of amides is 1. The van der Waals surface area contributed by atoms with E-state index in [2.05, 4.69) is 5.10 Å². The second kappa shape index (κ2) is 8.65. The summed E-state index contributed by atoms with van der Waals surface area (Å²) in [6, 6.07) is 13.5. The summed E-state index contributed by atoms with van der Waals surface area (Å²) in [6.45, 7) is 0.889. The van der Waals surface area contributed by atoms with Crippen LogP contribution in [0.3, 0.4) is 0 Å². The molecule has 0 unspecified atom stereocenters. The molecule has 2 heterocycles. The zero-order valence-corrected chi connectivity index (χ0v) is 17.1. The minimum Gasteiger partial charge on any atom is -0.504 e. The number of ether oxygens (including phenoxy) is 1. The van der Waals surface area contributed by atoms with Crippen molar-refractivity contribution in [3.05, 3.63) is 75.6 Å². The molecular formula is C21H19ClN4O5. The number of nitro benzene ring substituents is 1. The van der Waals surface area contributed by atoms with E-state index in [-0.39, 0.29) is 33.9 Å². The van der Waals surface area contributed by atoms with Gasteiger partial charge in [-0.15, -0.1) is 0 Å². The Hall–Kier alpha value is -3.59. The van der Waals surface area contributed by atoms with Gasteiger partial charge in [-0.1, -0.05) is 29.8 Å². The molecular weight excluding hydrogens is 424 g/mol. The lowest BCUT2D eigenvalue weighted by molar-refractivity contribution is -0.384. The fraction of sp³-hybridized carbons (Fsp3) is 0.238. The lowest BCUT2D eigenvalue weighted by atomic mass is 10.1. The number of nitrogens with zero attached hydrogens (tertiary/aromatic N) is 4. The molecule has 0 atom stereocenters. The Balaban J connectivity index is 1.48. The number of benzene rings is 2. The fourth-order valence-electron chi connectivity index (χ4n) is 3.49. The van der Waals surface area contributed by atoms with Crippen molar-refractivity contribution in [2.75, 3.05) is 13.1 Å². The monoisotopic (exact) mass is 442 g/mol. The molecule has 1 aliphatic heterocycles. The summed E-state index contributed by atoms with van der Waals surface area (Å²) in [6.07, 6.45) is 2.44. The van der Waals surface area contributed by atoms with Crippen LogP contribution in [-0.2, 0) is 0 Å². The largest absolute Gasteiger partial charge is 0.504 e. The number of carbonyl (C=O) groups excluding carboxylic acids is 1. The lowest BCUT2D eigenvalue weighted by Gasteiger charge is -2.31. The third kappa shape index (κ3) is 4.46. The molecule has 0 radical (unpaired) electrons. The van der Waals surface area contributed by atoms with E-state index in [1.54, 1.807) is 4.90 Å². The van der Waals surface area contributed by atoms with Gasteiger partial charge in [0.15, 0.2) is 11.4 Å². The number of piperidine rings is 1. The van der Waals surface area contributed by atoms with Gasteiger partial charge in [0.2, 0.25) is 0 Å². The average molecular weight is 443 g/mol. The first-order valence-corrected chi connectivity index (χ1v) is 10.0. The first-order valence-electron chi connectivity index (χ1n) is 9.66. The van der Waals surface area contributed by atoms with Crippen molar-refractivity contribution >= 4 is 23.2 Å². The van der Waals surface area contributed by atoms with Gasteiger partial charge in [-0.25, -0.2) is 4.68 Å². The topological polar surface area (TPSA) is 111 Å². The molecule has 1 aromatic heterocycles. The van der Waals surface area contributed by atoms with Crippen molar-refractivity contribution in [2.24, 2.45) is 0 Å². The second-order valence-electron chi connectivity index (χ2n) is 7.12. The van der Waals surface area contributed by atoms with Crippen LogP contribution in [0.2, 0.25) is 5.02 Å². The minimum atomic E-state index is -0.580. The first kappa shape index (κ1) is 20.7. The number of nitro groups is 1. The zero-order chi connectivity index (χ0) is 22.0. The number of aromatic nitrogens is 2. The zero-order valence-electron chi connectivity index (χ0n) is 16.3. The molecule has 0 saturated carbocycles. The first-order chi connectivity index (χ1) is 14.9. The van der Waals surface area contributed by atoms with Crippen molar-refractivity contribution < 1.29 is 19.6 Å². The molecule has 1 N–H and O–H groups in total. The Morgan fingerprint density at radius 1 is 1.19 bits per heavy atom. The van der Waals surface area contributed by atoms with Gasteiger partial charge in [0.1, 0.15) is 17.5 Å². The average Bonchev–Trinajstić information content (AvgIpc) is 3.16. The van der Waals surface area contributed by atoms with E-state index in [9.17, 15) is 20.0 Å². The maximum absolute atomic E-state index is 12.9. The van der Waals surface area contributed by atoms with E-state index < -0.39 is 10.8 Å². The number of carbonyl (C=O) groups is 1. The van der Waals surface area contributed by atoms with Crippen molar-refractivity contribution in [1.82, 2.24) is 14.7 Å². The predicted molar refractivity (Wildman–Crippen MR) is 113 cm³/mol. The Kier molecular flexibility index (Phi) is 5.77. The maximum atomic E-state index is 12.9. The number of halogens is 1. The van der Waals surface area contributed by atoms with E-state index in [4.69, 9.17) is 16.3 Å². The highest BCUT2D eigenvalue weighted by atomic mass is 35.5. The van der Waals surface area contributed by atoms with Gasteiger partial charge in [0.05, 0.1) is 11.1 Å². The highest BCUT2D eigenvalue weighted by molar-refractivity contribution is 6.30. The highest BCUT2D eigenvalue weighted by Gasteiger charge is 2.29. The minimum absolute atomic E-state index is 0.00767. The van der Waals surface area contributed by atoms with Gasteiger partial charge < -0.3 is 14.7 Å². The van der Waals surface area contributed by atoms with Crippen LogP contribution in [0.15, 0.2) is 54.7 Å². The van der Waals surface area contributed by atoms with E-state index in [1.165, 1.54) is 18.2 Å². The molecule has 1 aliphatic rings. The molecule has 3 aromatic rings. The Bertz CT molecular complexity index is 1110. The highest BCUT2D eigenvalue weighted by Crippen LogP contribution is 2.29. The second-order valence-corrected chi connectivity index (χ2v) is 7.56. The van der Waals surface area contributed by atoms with Crippen LogP contribution in [0.4, 0.5) is 5.69 Å². The number of aromatic hydroxyl groups is 1. The van der Waals surface area contributed by atoms with E-state index >= 15 is 0 Å². The summed E-state index contributed by atoms with van der Waals surface area (Å²) in [5.41, 5.74) is -0.358. The van der Waals surface area contributed by atoms with Crippen LogP contribution in [0.1, 0.15) is 23.3 Å². The number of hydrogen-bond donors (Lipinski definition) is 1. The lowest BCUT2D eigenvalue weighted by Crippen LogP contribution is -2.42. The molecule has 9 nitrogen and oxygen atoms in total. The molecule has 160 valence electrons. The number of para-hydroxylation sites is 1. The molecule has 0 spiro atoms. The van der Waals surface area contributed by atoms with Crippen LogP contribution < -0.4 is 4.74 Å². The summed E-state index contributed by atoms with van der Waals surface area (Å²) >= 11 is 5.96. The van der Waals surface area contributed by atoms with Gasteiger partial charge in [-0.2, -0.15) is 5.10 Å². The summed E-state index contributed by atoms with van der Waals surface area (Å²) in [5, 5.41) is 26.0. The van der Waals surface area contributed by atoms with Crippen LogP contribution in [0, 0.1) is 10.1 Å². The number of rotatable bonds is 5. The van der Waals surface area contributed by atoms with Crippen molar-refractivity contribution in [1.29, 1.82) is 0 Å². The third-order valence-corrected chi connectivity index (χ3v) is 5.29. The van der Waals surface area contributed by atoms with E-state index in [1.807, 2.05) is 30.3 Å². The van der Waals surface area contributed by atoms with Crippen LogP contribution in [0.25, 0.3) is 5.69 Å². The Morgan fingerprint density at radius 2 is 1.90 bits per heavy atom. The van der Waals surface area contributed by atoms with Gasteiger partial charge in [-0.05, 0) is 24.3 Å². The van der Waals surface area contributed by atoms with Crippen LogP contribution in [-0.4, -0.2) is 49.8 Å². The van der Waals surface area contributed by atoms with Crippen molar-refractivity contribution in [3.63, 3.8) is 0 Å². The van der Waals surface area contributed by atoms with Crippen molar-refractivity contribution in [3.8, 4) is 17.2 Å². The third-order valence-electron chi connectivity index (χ3n) is 5.05. The molecule has 31 heavy (non-hydrogen) atoms.